The summed E-state index contributed by atoms with van der Waals surface area (Å²) in [5.74, 6) is 4.90. The minimum absolute atomic E-state index is 0.0656. The number of hydrogen-bond donors (Lipinski definition) is 2. The summed E-state index contributed by atoms with van der Waals surface area (Å²) in [6.45, 7) is 1.38. The van der Waals surface area contributed by atoms with Crippen LogP contribution in [0, 0.1) is 23.6 Å². The Hall–Kier alpha value is -1.90. The molecule has 1 aromatic carbocycles. The van der Waals surface area contributed by atoms with Crippen LogP contribution < -0.4 is 11.1 Å². The summed E-state index contributed by atoms with van der Waals surface area (Å²) in [5, 5.41) is 2.81. The van der Waals surface area contributed by atoms with Gasteiger partial charge in [-0.15, -0.1) is 0 Å². The first-order valence-electron chi connectivity index (χ1n) is 6.58. The molecule has 4 nitrogen and oxygen atoms in total. The molecular weight excluding hydrogens is 259 g/mol. The highest BCUT2D eigenvalue weighted by Gasteiger charge is 2.22. The van der Waals surface area contributed by atoms with Crippen molar-refractivity contribution in [3.63, 3.8) is 0 Å². The third-order valence-electron chi connectivity index (χ3n) is 3.16. The van der Waals surface area contributed by atoms with Crippen molar-refractivity contribution in [1.82, 2.24) is 0 Å². The first kappa shape index (κ1) is 14.5. The number of anilines is 1. The van der Waals surface area contributed by atoms with E-state index in [1.807, 2.05) is 0 Å². The Labute approximate surface area is 117 Å². The van der Waals surface area contributed by atoms with Gasteiger partial charge < -0.3 is 15.8 Å². The van der Waals surface area contributed by atoms with Crippen LogP contribution in [0.25, 0.3) is 0 Å². The molecule has 5 heteroatoms. The van der Waals surface area contributed by atoms with E-state index in [0.717, 1.165) is 0 Å². The smallest absolute Gasteiger partial charge is 0.227 e. The molecule has 1 aliphatic rings. The molecule has 0 atom stereocenters. The Morgan fingerprint density at radius 3 is 2.90 bits per heavy atom. The van der Waals surface area contributed by atoms with Gasteiger partial charge >= 0.3 is 0 Å². The zero-order chi connectivity index (χ0) is 14.4. The van der Waals surface area contributed by atoms with Crippen molar-refractivity contribution < 1.29 is 13.9 Å². The van der Waals surface area contributed by atoms with Crippen molar-refractivity contribution in [2.75, 3.05) is 25.1 Å². The lowest BCUT2D eigenvalue weighted by Crippen LogP contribution is -2.28. The summed E-state index contributed by atoms with van der Waals surface area (Å²) in [5.41, 5.74) is 6.27. The summed E-state index contributed by atoms with van der Waals surface area (Å²) in [4.78, 5) is 12.1. The van der Waals surface area contributed by atoms with Gasteiger partial charge in [-0.1, -0.05) is 11.8 Å². The quantitative estimate of drug-likeness (QED) is 0.805. The van der Waals surface area contributed by atoms with Gasteiger partial charge in [-0.2, -0.15) is 0 Å². The van der Waals surface area contributed by atoms with Crippen LogP contribution in [0.2, 0.25) is 0 Å². The summed E-state index contributed by atoms with van der Waals surface area (Å²) < 4.78 is 18.5. The highest BCUT2D eigenvalue weighted by molar-refractivity contribution is 5.93. The number of halogens is 1. The van der Waals surface area contributed by atoms with Crippen molar-refractivity contribution in [3.05, 3.63) is 29.6 Å². The molecule has 1 aliphatic heterocycles. The van der Waals surface area contributed by atoms with Crippen LogP contribution in [0.4, 0.5) is 10.1 Å². The largest absolute Gasteiger partial charge is 0.381 e. The second kappa shape index (κ2) is 7.04. The predicted molar refractivity (Wildman–Crippen MR) is 74.5 cm³/mol. The number of nitrogens with two attached hydrogens (primary N) is 1. The molecular formula is C15H17FN2O2. The molecule has 1 fully saturated rings. The zero-order valence-corrected chi connectivity index (χ0v) is 11.1. The highest BCUT2D eigenvalue weighted by atomic mass is 19.1. The molecule has 0 bridgehead atoms. The monoisotopic (exact) mass is 276 g/mol. The van der Waals surface area contributed by atoms with E-state index in [4.69, 9.17) is 10.5 Å². The van der Waals surface area contributed by atoms with Crippen molar-refractivity contribution in [2.24, 2.45) is 11.7 Å². The van der Waals surface area contributed by atoms with Gasteiger partial charge in [0.05, 0.1) is 17.8 Å². The highest BCUT2D eigenvalue weighted by Crippen LogP contribution is 2.20. The Kier molecular flexibility index (Phi) is 5.10. The number of rotatable bonds is 2. The first-order valence-corrected chi connectivity index (χ1v) is 6.58. The second-order valence-electron chi connectivity index (χ2n) is 4.57. The molecule has 1 amide bonds. The van der Waals surface area contributed by atoms with Gasteiger partial charge in [-0.05, 0) is 31.0 Å². The molecule has 0 spiro atoms. The molecule has 3 N–H and O–H groups in total. The van der Waals surface area contributed by atoms with Gasteiger partial charge in [0, 0.05) is 19.1 Å². The van der Waals surface area contributed by atoms with Crippen molar-refractivity contribution >= 4 is 11.6 Å². The minimum Gasteiger partial charge on any atom is -0.381 e. The summed E-state index contributed by atoms with van der Waals surface area (Å²) in [7, 11) is 0. The predicted octanol–water partition coefficient (Wildman–Crippen LogP) is 1.50. The van der Waals surface area contributed by atoms with Crippen LogP contribution in [-0.4, -0.2) is 25.7 Å². The fourth-order valence-corrected chi connectivity index (χ4v) is 2.07. The maximum atomic E-state index is 13.2. The van der Waals surface area contributed by atoms with E-state index >= 15 is 0 Å². The van der Waals surface area contributed by atoms with Gasteiger partial charge in [0.1, 0.15) is 5.82 Å². The number of benzene rings is 1. The number of carbonyl (C=O) groups is 1. The molecule has 0 aliphatic carbocycles. The number of amides is 1. The lowest BCUT2D eigenvalue weighted by Gasteiger charge is -2.21. The standard InChI is InChI=1S/C15H17FN2O2/c16-13-3-4-14(12(10-13)2-1-7-17)18-15(19)11-5-8-20-9-6-11/h3-4,10-11H,5-9,17H2,(H,18,19). The van der Waals surface area contributed by atoms with Crippen LogP contribution >= 0.6 is 0 Å². The molecule has 0 aromatic heterocycles. The van der Waals surface area contributed by atoms with E-state index in [1.54, 1.807) is 0 Å². The molecule has 1 aromatic rings. The van der Waals surface area contributed by atoms with E-state index in [1.165, 1.54) is 18.2 Å². The molecule has 1 heterocycles. The first-order chi connectivity index (χ1) is 9.70. The Balaban J connectivity index is 2.13. The van der Waals surface area contributed by atoms with Gasteiger partial charge in [0.25, 0.3) is 0 Å². The van der Waals surface area contributed by atoms with E-state index in [9.17, 15) is 9.18 Å². The normalized spacial score (nSPS) is 15.3. The van der Waals surface area contributed by atoms with Crippen LogP contribution in [0.15, 0.2) is 18.2 Å². The van der Waals surface area contributed by atoms with Crippen molar-refractivity contribution in [3.8, 4) is 11.8 Å². The zero-order valence-electron chi connectivity index (χ0n) is 11.1. The minimum atomic E-state index is -0.393. The molecule has 0 saturated carbocycles. The lowest BCUT2D eigenvalue weighted by atomic mass is 9.99. The molecule has 0 unspecified atom stereocenters. The Morgan fingerprint density at radius 1 is 1.45 bits per heavy atom. The van der Waals surface area contributed by atoms with Crippen LogP contribution in [0.1, 0.15) is 18.4 Å². The van der Waals surface area contributed by atoms with E-state index in [-0.39, 0.29) is 18.4 Å². The molecule has 1 saturated heterocycles. The third-order valence-corrected chi connectivity index (χ3v) is 3.16. The average molecular weight is 276 g/mol. The summed E-state index contributed by atoms with van der Waals surface area (Å²) in [6, 6.07) is 4.11. The summed E-state index contributed by atoms with van der Waals surface area (Å²) >= 11 is 0. The van der Waals surface area contributed by atoms with E-state index < -0.39 is 5.82 Å². The second-order valence-corrected chi connectivity index (χ2v) is 4.57. The molecule has 106 valence electrons. The fourth-order valence-electron chi connectivity index (χ4n) is 2.07. The summed E-state index contributed by atoms with van der Waals surface area (Å²) in [6.07, 6.45) is 1.41. The maximum Gasteiger partial charge on any atom is 0.227 e. The van der Waals surface area contributed by atoms with Crippen LogP contribution in [0.3, 0.4) is 0 Å². The number of hydrogen-bond acceptors (Lipinski definition) is 3. The van der Waals surface area contributed by atoms with Crippen molar-refractivity contribution in [1.29, 1.82) is 0 Å². The van der Waals surface area contributed by atoms with E-state index in [0.29, 0.717) is 37.3 Å². The van der Waals surface area contributed by atoms with Gasteiger partial charge in [-0.25, -0.2) is 4.39 Å². The maximum absolute atomic E-state index is 13.2. The molecule has 0 radical (unpaired) electrons. The van der Waals surface area contributed by atoms with Crippen LogP contribution in [0.5, 0.6) is 0 Å². The average Bonchev–Trinajstić information content (AvgIpc) is 2.48. The van der Waals surface area contributed by atoms with Crippen molar-refractivity contribution in [2.45, 2.75) is 12.8 Å². The number of carbonyl (C=O) groups excluding carboxylic acids is 1. The third kappa shape index (κ3) is 3.80. The van der Waals surface area contributed by atoms with E-state index in [2.05, 4.69) is 17.2 Å². The lowest BCUT2D eigenvalue weighted by molar-refractivity contribution is -0.122. The molecule has 20 heavy (non-hydrogen) atoms. The Bertz CT molecular complexity index is 543. The van der Waals surface area contributed by atoms with Crippen LogP contribution in [-0.2, 0) is 9.53 Å². The number of ether oxygens (including phenoxy) is 1. The fraction of sp³-hybridized carbons (Fsp3) is 0.400. The number of nitrogens with one attached hydrogen (secondary N) is 1. The topological polar surface area (TPSA) is 64.3 Å². The van der Waals surface area contributed by atoms with Gasteiger partial charge in [0.15, 0.2) is 0 Å². The Morgan fingerprint density at radius 2 is 2.20 bits per heavy atom. The molecule has 2 rings (SSSR count). The van der Waals surface area contributed by atoms with Gasteiger partial charge in [-0.3, -0.25) is 4.79 Å². The van der Waals surface area contributed by atoms with Gasteiger partial charge in [0.2, 0.25) is 5.91 Å². The SMILES string of the molecule is NCC#Cc1cc(F)ccc1NC(=O)C1CCOCC1.